The van der Waals surface area contributed by atoms with Crippen LogP contribution in [0.5, 0.6) is 0 Å². The molecule has 0 aliphatic carbocycles. The number of thiophene rings is 3. The molecular weight excluding hydrogens is 1240 g/mol. The second-order valence-electron chi connectivity index (χ2n) is 24.4. The molecule has 0 N–H and O–H groups in total. The summed E-state index contributed by atoms with van der Waals surface area (Å²) in [6.45, 7) is 0. The third-order valence-electron chi connectivity index (χ3n) is 19.1. The summed E-state index contributed by atoms with van der Waals surface area (Å²) in [5, 5.41) is 10.2. The second kappa shape index (κ2) is 23.0. The molecule has 0 spiro atoms. The van der Waals surface area contributed by atoms with E-state index in [4.69, 9.17) is 15.4 Å². The van der Waals surface area contributed by atoms with Gasteiger partial charge in [-0.1, -0.05) is 309 Å². The summed E-state index contributed by atoms with van der Waals surface area (Å²) in [6, 6.07) is 74.4. The fourth-order valence-corrected chi connectivity index (χ4v) is 18.3. The van der Waals surface area contributed by atoms with Gasteiger partial charge in [0.15, 0.2) is 0 Å². The molecule has 4 heterocycles. The largest absolute Gasteiger partial charge is 0.455 e. The van der Waals surface area contributed by atoms with Gasteiger partial charge in [0.05, 0.1) is 21.9 Å². The van der Waals surface area contributed by atoms with Crippen molar-refractivity contribution in [2.24, 2.45) is 0 Å². The molecule has 0 radical (unpaired) electrons. The van der Waals surface area contributed by atoms with Crippen LogP contribution < -0.4 is 0 Å². The van der Waals surface area contributed by atoms with Crippen LogP contribution in [0.2, 0.25) is 0 Å². The van der Waals surface area contributed by atoms with Crippen molar-refractivity contribution in [3.8, 4) is 77.9 Å². The number of benzene rings is 17. The molecule has 456 valence electrons. The Labute approximate surface area is 599 Å². The highest BCUT2D eigenvalue weighted by Crippen LogP contribution is 2.50. The highest BCUT2D eigenvalue weighted by molar-refractivity contribution is 7.27. The molecule has 0 saturated heterocycles. The van der Waals surface area contributed by atoms with Crippen molar-refractivity contribution < 1.29 is 26.3 Å². The first kappa shape index (κ1) is 42.6. The van der Waals surface area contributed by atoms with Gasteiger partial charge >= 0.3 is 0 Å². The Morgan fingerprint density at radius 1 is 0.214 bits per heavy atom. The lowest BCUT2D eigenvalue weighted by molar-refractivity contribution is 0.670. The van der Waals surface area contributed by atoms with Gasteiger partial charge in [-0.15, -0.1) is 34.0 Å². The maximum absolute atomic E-state index is 9.38. The summed E-state index contributed by atoms with van der Waals surface area (Å²) in [6.07, 6.45) is 0. The lowest BCUT2D eigenvalue weighted by Gasteiger charge is -2.18. The van der Waals surface area contributed by atoms with Crippen LogP contribution in [-0.4, -0.2) is 0 Å². The minimum Gasteiger partial charge on any atom is -0.455 e. The monoisotopic (exact) mass is 1310 g/mol. The third-order valence-corrected chi connectivity index (χ3v) is 22.7. The summed E-state index contributed by atoms with van der Waals surface area (Å²) < 4.78 is 159. The van der Waals surface area contributed by atoms with E-state index >= 15 is 0 Å². The van der Waals surface area contributed by atoms with Crippen LogP contribution in [0, 0.1) is 0 Å². The van der Waals surface area contributed by atoms with Crippen LogP contribution in [0.25, 0.3) is 203 Å². The van der Waals surface area contributed by atoms with E-state index in [-0.39, 0.29) is 97.0 Å². The Morgan fingerprint density at radius 3 is 1.00 bits per heavy atom. The topological polar surface area (TPSA) is 13.1 Å². The van der Waals surface area contributed by atoms with Crippen LogP contribution in [-0.2, 0) is 0 Å². The summed E-state index contributed by atoms with van der Waals surface area (Å²) in [7, 11) is 0. The maximum atomic E-state index is 9.38. The predicted molar refractivity (Wildman–Crippen MR) is 427 cm³/mol. The zero-order chi connectivity index (χ0) is 78.3. The fraction of sp³-hybridized carbons (Fsp3) is 0. The van der Waals surface area contributed by atoms with Gasteiger partial charge in [-0.3, -0.25) is 0 Å². The Hall–Kier alpha value is -11.8. The fourth-order valence-electron chi connectivity index (χ4n) is 14.6. The van der Waals surface area contributed by atoms with Gasteiger partial charge in [-0.25, -0.2) is 0 Å². The van der Waals surface area contributed by atoms with E-state index in [0.29, 0.717) is 50.1 Å². The standard InChI is InChI=1S/C50H30S2.C44H26OS/c1-2-14-40-39(13-1)47(33-27-23-31(24-28-33)35-17-9-19-43-37-11-5-7-21-45(37)51-49(35)43)41-15-3-4-16-42(41)48(40)34-29-25-32(26-30-34)36-18-10-20-44-38-12-6-8-22-46(38)52-50(36)44;1-3-14-35-33(12-1)42(28-22-20-27(21-23-28)29-24-25-32-31-11-6-8-19-40(31)46-41(32)26-29)34-13-2-4-15-36(34)43(35)38-17-9-16-37-30-10-5-7-18-39(30)45-44(37)38/h1-30H;1-26H/i1D,2D,3D,4D,13D,14D,15D,16D;1D,2D,3D,4D,12D,13D,14D,15D. The highest BCUT2D eigenvalue weighted by atomic mass is 32.1. The molecule has 4 aromatic heterocycles. The SMILES string of the molecule is [2H]c1c([2H])c([2H])c2c(-c3ccc(-c4cccc5c4sc4ccccc45)cc3)c3c([2H])c([2H])c([2H])c([2H])c3c(-c3ccc(-c4cccc5c4sc4ccccc45)cc3)c2c1[2H].[2H]c1c([2H])c([2H])c2c(-c3cccc4c3oc3ccccc34)c3c([2H])c([2H])c([2H])c([2H])c3c(-c3ccc(-c4ccc5c(c4)sc4ccccc45)cc3)c2c1[2H]. The van der Waals surface area contributed by atoms with Crippen molar-refractivity contribution in [1.29, 1.82) is 0 Å². The van der Waals surface area contributed by atoms with Crippen LogP contribution in [0.4, 0.5) is 0 Å². The second-order valence-corrected chi connectivity index (χ2v) is 27.6. The molecule has 0 aliphatic heterocycles. The molecule has 0 unspecified atom stereocenters. The Kier molecular flexibility index (Phi) is 10.00. The summed E-state index contributed by atoms with van der Waals surface area (Å²) >= 11 is 5.20. The van der Waals surface area contributed by atoms with E-state index in [2.05, 4.69) is 78.9 Å². The zero-order valence-electron chi connectivity index (χ0n) is 67.7. The first-order chi connectivity index (χ1) is 55.3. The predicted octanol–water partition coefficient (Wildman–Crippen LogP) is 28.7. The van der Waals surface area contributed by atoms with Gasteiger partial charge in [0.2, 0.25) is 0 Å². The third kappa shape index (κ3) is 9.10. The zero-order valence-corrected chi connectivity index (χ0v) is 54.2. The summed E-state index contributed by atoms with van der Waals surface area (Å²) in [5.41, 5.74) is 10.5. The number of hydrogen-bond donors (Lipinski definition) is 0. The molecule has 17 aromatic carbocycles. The van der Waals surface area contributed by atoms with Gasteiger partial charge in [0.25, 0.3) is 0 Å². The van der Waals surface area contributed by atoms with Gasteiger partial charge in [0, 0.05) is 82.4 Å². The van der Waals surface area contributed by atoms with Gasteiger partial charge in [0.1, 0.15) is 11.2 Å². The molecular formula is C94H56OS3. The van der Waals surface area contributed by atoms with Gasteiger partial charge in [-0.2, -0.15) is 0 Å². The van der Waals surface area contributed by atoms with Crippen molar-refractivity contribution in [2.75, 3.05) is 0 Å². The van der Waals surface area contributed by atoms with Crippen LogP contribution in [0.15, 0.2) is 344 Å². The van der Waals surface area contributed by atoms with Crippen molar-refractivity contribution in [3.63, 3.8) is 0 Å². The molecule has 21 aromatic rings. The van der Waals surface area contributed by atoms with E-state index < -0.39 is 48.3 Å². The number of para-hydroxylation sites is 2. The van der Waals surface area contributed by atoms with Crippen molar-refractivity contribution in [1.82, 2.24) is 0 Å². The minimum absolute atomic E-state index is 0.153. The molecule has 0 bridgehead atoms. The van der Waals surface area contributed by atoms with E-state index in [1.807, 2.05) is 158 Å². The normalized spacial score (nSPS) is 14.2. The Balaban J connectivity index is 0.000000149. The molecule has 0 amide bonds. The lowest BCUT2D eigenvalue weighted by atomic mass is 9.85. The number of hydrogen-bond acceptors (Lipinski definition) is 4. The molecule has 4 heteroatoms. The average Bonchev–Trinajstić information content (AvgIpc) is 0.771. The number of fused-ring (bicyclic) bond motifs is 16. The average molecular weight is 1310 g/mol. The van der Waals surface area contributed by atoms with Crippen LogP contribution in [0.1, 0.15) is 21.9 Å². The first-order valence-corrected chi connectivity index (χ1v) is 34.6. The number of furan rings is 1. The molecule has 0 aliphatic rings. The van der Waals surface area contributed by atoms with Crippen LogP contribution >= 0.6 is 34.0 Å². The van der Waals surface area contributed by atoms with Crippen molar-refractivity contribution in [3.05, 3.63) is 339 Å². The molecule has 0 atom stereocenters. The van der Waals surface area contributed by atoms with Gasteiger partial charge < -0.3 is 4.42 Å². The Morgan fingerprint density at radius 2 is 0.541 bits per heavy atom. The van der Waals surface area contributed by atoms with E-state index in [1.165, 1.54) is 46.4 Å². The maximum Gasteiger partial charge on any atom is 0.143 e. The van der Waals surface area contributed by atoms with Crippen molar-refractivity contribution in [2.45, 2.75) is 0 Å². The van der Waals surface area contributed by atoms with E-state index in [9.17, 15) is 11.0 Å². The first-order valence-electron chi connectivity index (χ1n) is 40.1. The van der Waals surface area contributed by atoms with E-state index in [1.54, 1.807) is 40.1 Å². The van der Waals surface area contributed by atoms with Crippen LogP contribution in [0.3, 0.4) is 0 Å². The minimum atomic E-state index is -0.441. The lowest BCUT2D eigenvalue weighted by Crippen LogP contribution is -1.91. The van der Waals surface area contributed by atoms with E-state index in [0.717, 1.165) is 58.3 Å². The molecule has 0 fully saturated rings. The highest BCUT2D eigenvalue weighted by Gasteiger charge is 2.23. The molecule has 21 rings (SSSR count). The smallest absolute Gasteiger partial charge is 0.143 e. The molecule has 0 saturated carbocycles. The Bertz CT molecular complexity index is 7400. The van der Waals surface area contributed by atoms with Crippen molar-refractivity contribution >= 4 is 160 Å². The molecule has 1 nitrogen and oxygen atoms in total. The summed E-state index contributed by atoms with van der Waals surface area (Å²) in [5.74, 6) is 0. The quantitative estimate of drug-likeness (QED) is 0.145. The number of rotatable bonds is 7. The summed E-state index contributed by atoms with van der Waals surface area (Å²) in [4.78, 5) is 0. The molecule has 98 heavy (non-hydrogen) atoms. The van der Waals surface area contributed by atoms with Gasteiger partial charge in [-0.05, 0) is 140 Å².